The minimum Gasteiger partial charge on any atom is -0.345 e. The van der Waals surface area contributed by atoms with E-state index >= 15 is 0 Å². The van der Waals surface area contributed by atoms with Crippen LogP contribution in [0.1, 0.15) is 26.4 Å². The molecule has 7 heteroatoms. The molecule has 6 nitrogen and oxygen atoms in total. The van der Waals surface area contributed by atoms with E-state index < -0.39 is 11.9 Å². The molecule has 31 heavy (non-hydrogen) atoms. The first-order chi connectivity index (χ1) is 14.9. The van der Waals surface area contributed by atoms with Crippen molar-refractivity contribution in [1.29, 1.82) is 0 Å². The molecule has 0 aliphatic heterocycles. The van der Waals surface area contributed by atoms with Crippen LogP contribution in [0.4, 0.5) is 5.69 Å². The highest BCUT2D eigenvalue weighted by Gasteiger charge is 2.23. The average molecular weight is 436 g/mol. The molecule has 0 bridgehead atoms. The number of rotatable bonds is 8. The SMILES string of the molecule is Cc1cccc(C)c1NC(=O)CNC(=O)[C@H](Cc1ccccc1)NC(=O)c1cccs1. The average Bonchev–Trinajstić information content (AvgIpc) is 3.30. The first kappa shape index (κ1) is 22.2. The van der Waals surface area contributed by atoms with E-state index in [0.717, 1.165) is 22.4 Å². The smallest absolute Gasteiger partial charge is 0.262 e. The lowest BCUT2D eigenvalue weighted by molar-refractivity contribution is -0.125. The molecule has 0 aliphatic carbocycles. The molecule has 0 aliphatic rings. The van der Waals surface area contributed by atoms with Crippen molar-refractivity contribution in [3.8, 4) is 0 Å². The summed E-state index contributed by atoms with van der Waals surface area (Å²) in [5.74, 6) is -1.05. The summed E-state index contributed by atoms with van der Waals surface area (Å²) in [6, 6.07) is 17.9. The van der Waals surface area contributed by atoms with E-state index in [1.165, 1.54) is 11.3 Å². The predicted molar refractivity (Wildman–Crippen MR) is 123 cm³/mol. The molecule has 160 valence electrons. The Bertz CT molecular complexity index is 1030. The van der Waals surface area contributed by atoms with Crippen molar-refractivity contribution in [2.75, 3.05) is 11.9 Å². The van der Waals surface area contributed by atoms with E-state index in [1.54, 1.807) is 17.5 Å². The molecule has 1 aromatic heterocycles. The number of benzene rings is 2. The molecular weight excluding hydrogens is 410 g/mol. The van der Waals surface area contributed by atoms with E-state index in [4.69, 9.17) is 0 Å². The molecular formula is C24H25N3O3S. The Morgan fingerprint density at radius 3 is 2.26 bits per heavy atom. The van der Waals surface area contributed by atoms with Gasteiger partial charge in [-0.3, -0.25) is 14.4 Å². The molecule has 2 aromatic carbocycles. The van der Waals surface area contributed by atoms with Gasteiger partial charge in [0.15, 0.2) is 0 Å². The second-order valence-corrected chi connectivity index (χ2v) is 8.17. The molecule has 0 radical (unpaired) electrons. The summed E-state index contributed by atoms with van der Waals surface area (Å²) in [5.41, 5.74) is 3.55. The van der Waals surface area contributed by atoms with Gasteiger partial charge < -0.3 is 16.0 Å². The number of amides is 3. The number of carbonyl (C=O) groups excluding carboxylic acids is 3. The van der Waals surface area contributed by atoms with Crippen molar-refractivity contribution in [1.82, 2.24) is 10.6 Å². The van der Waals surface area contributed by atoms with Gasteiger partial charge in [-0.2, -0.15) is 0 Å². The highest BCUT2D eigenvalue weighted by atomic mass is 32.1. The van der Waals surface area contributed by atoms with Crippen molar-refractivity contribution in [3.63, 3.8) is 0 Å². The van der Waals surface area contributed by atoms with Crippen LogP contribution in [0.5, 0.6) is 0 Å². The Morgan fingerprint density at radius 1 is 0.903 bits per heavy atom. The van der Waals surface area contributed by atoms with Gasteiger partial charge in [0.1, 0.15) is 6.04 Å². The molecule has 3 amide bonds. The quantitative estimate of drug-likeness (QED) is 0.506. The van der Waals surface area contributed by atoms with Crippen LogP contribution in [0.3, 0.4) is 0 Å². The van der Waals surface area contributed by atoms with Gasteiger partial charge in [0, 0.05) is 12.1 Å². The lowest BCUT2D eigenvalue weighted by Gasteiger charge is -2.18. The number of para-hydroxylation sites is 1. The lowest BCUT2D eigenvalue weighted by Crippen LogP contribution is -2.49. The molecule has 1 heterocycles. The van der Waals surface area contributed by atoms with Crippen LogP contribution >= 0.6 is 11.3 Å². The van der Waals surface area contributed by atoms with Crippen LogP contribution in [0.25, 0.3) is 0 Å². The fourth-order valence-electron chi connectivity index (χ4n) is 3.18. The Kier molecular flexibility index (Phi) is 7.56. The van der Waals surface area contributed by atoms with E-state index in [2.05, 4.69) is 16.0 Å². The molecule has 0 unspecified atom stereocenters. The van der Waals surface area contributed by atoms with Crippen molar-refractivity contribution in [2.24, 2.45) is 0 Å². The standard InChI is InChI=1S/C24H25N3O3S/c1-16-8-6-9-17(2)22(16)27-21(28)15-25-23(29)19(14-18-10-4-3-5-11-18)26-24(30)20-12-7-13-31-20/h3-13,19H,14-15H2,1-2H3,(H,25,29)(H,26,30)(H,27,28)/t19-/m0/s1. The summed E-state index contributed by atoms with van der Waals surface area (Å²) < 4.78 is 0. The minimum absolute atomic E-state index is 0.188. The maximum absolute atomic E-state index is 12.8. The number of hydrogen-bond donors (Lipinski definition) is 3. The number of anilines is 1. The third-order valence-electron chi connectivity index (χ3n) is 4.82. The maximum atomic E-state index is 12.8. The number of carbonyl (C=O) groups is 3. The highest BCUT2D eigenvalue weighted by Crippen LogP contribution is 2.19. The van der Waals surface area contributed by atoms with Crippen LogP contribution in [0.15, 0.2) is 66.0 Å². The Morgan fingerprint density at radius 2 is 1.61 bits per heavy atom. The number of hydrogen-bond acceptors (Lipinski definition) is 4. The lowest BCUT2D eigenvalue weighted by atomic mass is 10.1. The molecule has 0 saturated heterocycles. The second-order valence-electron chi connectivity index (χ2n) is 7.23. The molecule has 3 aromatic rings. The third-order valence-corrected chi connectivity index (χ3v) is 5.69. The Labute approximate surface area is 185 Å². The van der Waals surface area contributed by atoms with E-state index in [9.17, 15) is 14.4 Å². The minimum atomic E-state index is -0.801. The first-order valence-corrected chi connectivity index (χ1v) is 10.8. The van der Waals surface area contributed by atoms with Gasteiger partial charge in [-0.1, -0.05) is 54.6 Å². The van der Waals surface area contributed by atoms with Gasteiger partial charge in [0.25, 0.3) is 5.91 Å². The second kappa shape index (κ2) is 10.5. The summed E-state index contributed by atoms with van der Waals surface area (Å²) in [6.45, 7) is 3.64. The van der Waals surface area contributed by atoms with Gasteiger partial charge in [-0.25, -0.2) is 0 Å². The largest absolute Gasteiger partial charge is 0.345 e. The zero-order chi connectivity index (χ0) is 22.2. The summed E-state index contributed by atoms with van der Waals surface area (Å²) in [4.78, 5) is 38.3. The van der Waals surface area contributed by atoms with Crippen LogP contribution in [0, 0.1) is 13.8 Å². The number of thiophene rings is 1. The van der Waals surface area contributed by atoms with Crippen LogP contribution in [-0.4, -0.2) is 30.3 Å². The zero-order valence-electron chi connectivity index (χ0n) is 17.5. The van der Waals surface area contributed by atoms with Gasteiger partial charge in [-0.05, 0) is 42.0 Å². The third kappa shape index (κ3) is 6.26. The first-order valence-electron chi connectivity index (χ1n) is 9.96. The highest BCUT2D eigenvalue weighted by molar-refractivity contribution is 7.12. The zero-order valence-corrected chi connectivity index (χ0v) is 18.3. The van der Waals surface area contributed by atoms with Crippen molar-refractivity contribution < 1.29 is 14.4 Å². The normalized spacial score (nSPS) is 11.4. The van der Waals surface area contributed by atoms with Crippen molar-refractivity contribution in [2.45, 2.75) is 26.3 Å². The summed E-state index contributed by atoms with van der Waals surface area (Å²) in [6.07, 6.45) is 0.322. The van der Waals surface area contributed by atoms with Gasteiger partial charge in [0.05, 0.1) is 11.4 Å². The monoisotopic (exact) mass is 435 g/mol. The Balaban J connectivity index is 1.64. The van der Waals surface area contributed by atoms with Crippen molar-refractivity contribution in [3.05, 3.63) is 87.6 Å². The van der Waals surface area contributed by atoms with Crippen LogP contribution in [-0.2, 0) is 16.0 Å². The molecule has 0 spiro atoms. The van der Waals surface area contributed by atoms with Crippen LogP contribution in [0.2, 0.25) is 0 Å². The fraction of sp³-hybridized carbons (Fsp3) is 0.208. The van der Waals surface area contributed by atoms with E-state index in [0.29, 0.717) is 11.3 Å². The van der Waals surface area contributed by atoms with Gasteiger partial charge >= 0.3 is 0 Å². The molecule has 0 saturated carbocycles. The van der Waals surface area contributed by atoms with Crippen molar-refractivity contribution >= 4 is 34.7 Å². The van der Waals surface area contributed by atoms with E-state index in [-0.39, 0.29) is 18.4 Å². The Hall–Kier alpha value is -3.45. The summed E-state index contributed by atoms with van der Waals surface area (Å²) in [7, 11) is 0. The molecule has 0 fully saturated rings. The van der Waals surface area contributed by atoms with Gasteiger partial charge in [0.2, 0.25) is 11.8 Å². The molecule has 3 rings (SSSR count). The number of nitrogens with one attached hydrogen (secondary N) is 3. The predicted octanol–water partition coefficient (Wildman–Crippen LogP) is 3.46. The van der Waals surface area contributed by atoms with E-state index in [1.807, 2.05) is 62.4 Å². The molecule has 1 atom stereocenters. The number of aryl methyl sites for hydroxylation is 2. The van der Waals surface area contributed by atoms with Crippen LogP contribution < -0.4 is 16.0 Å². The maximum Gasteiger partial charge on any atom is 0.262 e. The fourth-order valence-corrected chi connectivity index (χ4v) is 3.81. The topological polar surface area (TPSA) is 87.3 Å². The summed E-state index contributed by atoms with van der Waals surface area (Å²) >= 11 is 1.31. The van der Waals surface area contributed by atoms with Gasteiger partial charge in [-0.15, -0.1) is 11.3 Å². The summed E-state index contributed by atoms with van der Waals surface area (Å²) in [5, 5.41) is 10.1. The molecule has 3 N–H and O–H groups in total.